The first-order chi connectivity index (χ1) is 13.8. The van der Waals surface area contributed by atoms with Gasteiger partial charge >= 0.3 is 0 Å². The third-order valence-corrected chi connectivity index (χ3v) is 6.02. The quantitative estimate of drug-likeness (QED) is 0.647. The molecule has 2 amide bonds. The van der Waals surface area contributed by atoms with Gasteiger partial charge in [0.2, 0.25) is 5.91 Å². The summed E-state index contributed by atoms with van der Waals surface area (Å²) in [6, 6.07) is 13.0. The summed E-state index contributed by atoms with van der Waals surface area (Å²) < 4.78 is 0. The largest absolute Gasteiger partial charge is 0.334 e. The maximum Gasteiger partial charge on any atom is 0.254 e. The molecule has 6 heteroatoms. The average Bonchev–Trinajstić information content (AvgIpc) is 2.69. The predicted molar refractivity (Wildman–Crippen MR) is 117 cm³/mol. The van der Waals surface area contributed by atoms with Crippen molar-refractivity contribution in [2.24, 2.45) is 5.92 Å². The Labute approximate surface area is 182 Å². The van der Waals surface area contributed by atoms with Gasteiger partial charge in [-0.1, -0.05) is 61.3 Å². The van der Waals surface area contributed by atoms with Crippen LogP contribution in [-0.2, 0) is 11.2 Å². The Morgan fingerprint density at radius 1 is 1.14 bits per heavy atom. The summed E-state index contributed by atoms with van der Waals surface area (Å²) in [4.78, 5) is 29.7. The molecule has 0 aromatic heterocycles. The molecule has 0 radical (unpaired) electrons. The molecule has 0 N–H and O–H groups in total. The van der Waals surface area contributed by atoms with E-state index in [0.29, 0.717) is 28.7 Å². The monoisotopic (exact) mass is 432 g/mol. The average molecular weight is 433 g/mol. The number of halogens is 2. The van der Waals surface area contributed by atoms with Crippen LogP contribution in [0.5, 0.6) is 0 Å². The summed E-state index contributed by atoms with van der Waals surface area (Å²) in [5, 5.41) is 0.727. The third-order valence-electron chi connectivity index (χ3n) is 5.28. The van der Waals surface area contributed by atoms with E-state index >= 15 is 0 Å². The summed E-state index contributed by atoms with van der Waals surface area (Å²) in [5.41, 5.74) is 2.90. The summed E-state index contributed by atoms with van der Waals surface area (Å²) in [7, 11) is 0. The predicted octanol–water partition coefficient (Wildman–Crippen LogP) is 5.24. The maximum absolute atomic E-state index is 13.2. The lowest BCUT2D eigenvalue weighted by molar-refractivity contribution is -0.134. The zero-order valence-corrected chi connectivity index (χ0v) is 18.5. The van der Waals surface area contributed by atoms with Crippen LogP contribution in [0.4, 0.5) is 0 Å². The van der Waals surface area contributed by atoms with Crippen LogP contribution < -0.4 is 0 Å². The van der Waals surface area contributed by atoms with E-state index in [0.717, 1.165) is 6.42 Å². The van der Waals surface area contributed by atoms with E-state index in [9.17, 15) is 9.59 Å². The van der Waals surface area contributed by atoms with Crippen LogP contribution >= 0.6 is 23.2 Å². The fourth-order valence-corrected chi connectivity index (χ4v) is 4.14. The fourth-order valence-electron chi connectivity index (χ4n) is 3.84. The second kappa shape index (κ2) is 9.19. The first kappa shape index (κ1) is 21.7. The van der Waals surface area contributed by atoms with Gasteiger partial charge in [-0.2, -0.15) is 0 Å². The first-order valence-electron chi connectivity index (χ1n) is 9.89. The Morgan fingerprint density at radius 3 is 2.55 bits per heavy atom. The van der Waals surface area contributed by atoms with Crippen LogP contribution in [0.2, 0.25) is 10.0 Å². The molecule has 4 nitrogen and oxygen atoms in total. The Balaban J connectivity index is 1.78. The molecule has 1 heterocycles. The number of carbonyl (C=O) groups is 2. The van der Waals surface area contributed by atoms with Crippen molar-refractivity contribution in [3.63, 3.8) is 0 Å². The van der Waals surface area contributed by atoms with Gasteiger partial charge in [-0.05, 0) is 48.6 Å². The lowest BCUT2D eigenvalue weighted by atomic mass is 9.93. The number of nitrogens with zero attached hydrogens (tertiary/aromatic N) is 2. The zero-order valence-electron chi connectivity index (χ0n) is 17.0. The highest BCUT2D eigenvalue weighted by Gasteiger charge is 2.30. The topological polar surface area (TPSA) is 40.6 Å². The molecular formula is C23H26Cl2N2O2. The Bertz CT molecular complexity index is 914. The van der Waals surface area contributed by atoms with E-state index < -0.39 is 0 Å². The number of amides is 2. The number of carbonyl (C=O) groups excluding carboxylic acids is 2. The van der Waals surface area contributed by atoms with E-state index in [1.807, 2.05) is 37.8 Å². The van der Waals surface area contributed by atoms with Gasteiger partial charge in [0.1, 0.15) is 6.54 Å². The van der Waals surface area contributed by atoms with Gasteiger partial charge < -0.3 is 9.80 Å². The minimum atomic E-state index is -0.212. The highest BCUT2D eigenvalue weighted by molar-refractivity contribution is 6.42. The molecule has 29 heavy (non-hydrogen) atoms. The lowest BCUT2D eigenvalue weighted by Crippen LogP contribution is -2.47. The van der Waals surface area contributed by atoms with Gasteiger partial charge in [-0.15, -0.1) is 0 Å². The van der Waals surface area contributed by atoms with Crippen LogP contribution in [0.3, 0.4) is 0 Å². The van der Waals surface area contributed by atoms with Gasteiger partial charge in [0.05, 0.1) is 16.1 Å². The molecule has 3 rings (SSSR count). The van der Waals surface area contributed by atoms with Crippen molar-refractivity contribution in [1.82, 2.24) is 9.80 Å². The number of benzene rings is 2. The molecule has 1 atom stereocenters. The van der Waals surface area contributed by atoms with E-state index in [-0.39, 0.29) is 30.3 Å². The Hall–Kier alpha value is -2.04. The van der Waals surface area contributed by atoms with Crippen molar-refractivity contribution in [2.75, 3.05) is 19.6 Å². The van der Waals surface area contributed by atoms with Gasteiger partial charge in [0.25, 0.3) is 5.91 Å². The summed E-state index contributed by atoms with van der Waals surface area (Å²) in [6.45, 7) is 7.29. The highest BCUT2D eigenvalue weighted by atomic mass is 35.5. The molecular weight excluding hydrogens is 407 g/mol. The number of hydrogen-bond acceptors (Lipinski definition) is 2. The molecule has 0 saturated carbocycles. The second-order valence-electron chi connectivity index (χ2n) is 7.92. The molecule has 0 fully saturated rings. The van der Waals surface area contributed by atoms with Crippen LogP contribution in [0, 0.1) is 5.92 Å². The standard InChI is InChI=1S/C23H26Cl2N2O2/c1-15(2)13-26(23(29)18-8-9-20(24)21(25)12-18)14-22(28)27-11-10-17-6-4-5-7-19(17)16(27)3/h4-9,12,15-16H,10-11,13-14H2,1-3H3. The zero-order chi connectivity index (χ0) is 21.1. The SMILES string of the molecule is CC(C)CN(CC(=O)N1CCc2ccccc2C1C)C(=O)c1ccc(Cl)c(Cl)c1. The molecule has 1 aliphatic rings. The van der Waals surface area contributed by atoms with Gasteiger partial charge in [0.15, 0.2) is 0 Å². The minimum absolute atomic E-state index is 0.00608. The minimum Gasteiger partial charge on any atom is -0.334 e. The molecule has 1 aliphatic heterocycles. The smallest absolute Gasteiger partial charge is 0.254 e. The van der Waals surface area contributed by atoms with Crippen molar-refractivity contribution >= 4 is 35.0 Å². The molecule has 1 unspecified atom stereocenters. The van der Waals surface area contributed by atoms with Gasteiger partial charge in [-0.25, -0.2) is 0 Å². The van der Waals surface area contributed by atoms with Gasteiger partial charge in [0, 0.05) is 18.7 Å². The van der Waals surface area contributed by atoms with Gasteiger partial charge in [-0.3, -0.25) is 9.59 Å². The van der Waals surface area contributed by atoms with E-state index in [1.54, 1.807) is 23.1 Å². The van der Waals surface area contributed by atoms with E-state index in [1.165, 1.54) is 11.1 Å². The Kier molecular flexibility index (Phi) is 6.86. The summed E-state index contributed by atoms with van der Waals surface area (Å²) >= 11 is 12.1. The first-order valence-corrected chi connectivity index (χ1v) is 10.6. The van der Waals surface area contributed by atoms with Crippen molar-refractivity contribution in [2.45, 2.75) is 33.2 Å². The van der Waals surface area contributed by atoms with Crippen molar-refractivity contribution in [3.8, 4) is 0 Å². The molecule has 2 aromatic rings. The number of hydrogen-bond donors (Lipinski definition) is 0. The van der Waals surface area contributed by atoms with Crippen LogP contribution in [-0.4, -0.2) is 41.2 Å². The lowest BCUT2D eigenvalue weighted by Gasteiger charge is -2.37. The van der Waals surface area contributed by atoms with Crippen molar-refractivity contribution < 1.29 is 9.59 Å². The third kappa shape index (κ3) is 4.93. The Morgan fingerprint density at radius 2 is 1.86 bits per heavy atom. The molecule has 0 saturated heterocycles. The molecule has 0 aliphatic carbocycles. The van der Waals surface area contributed by atoms with Crippen LogP contribution in [0.15, 0.2) is 42.5 Å². The normalized spacial score (nSPS) is 15.9. The van der Waals surface area contributed by atoms with E-state index in [4.69, 9.17) is 23.2 Å². The molecule has 154 valence electrons. The van der Waals surface area contributed by atoms with Crippen molar-refractivity contribution in [3.05, 3.63) is 69.2 Å². The van der Waals surface area contributed by atoms with Crippen molar-refractivity contribution in [1.29, 1.82) is 0 Å². The molecule has 0 bridgehead atoms. The van der Waals surface area contributed by atoms with Crippen LogP contribution in [0.1, 0.15) is 48.3 Å². The summed E-state index contributed by atoms with van der Waals surface area (Å²) in [5.74, 6) is -0.0224. The second-order valence-corrected chi connectivity index (χ2v) is 8.73. The maximum atomic E-state index is 13.2. The fraction of sp³-hybridized carbons (Fsp3) is 0.391. The number of fused-ring (bicyclic) bond motifs is 1. The van der Waals surface area contributed by atoms with Crippen LogP contribution in [0.25, 0.3) is 0 Å². The summed E-state index contributed by atoms with van der Waals surface area (Å²) in [6.07, 6.45) is 0.831. The molecule has 0 spiro atoms. The highest BCUT2D eigenvalue weighted by Crippen LogP contribution is 2.29. The van der Waals surface area contributed by atoms with E-state index in [2.05, 4.69) is 12.1 Å². The number of rotatable bonds is 5. The molecule has 2 aromatic carbocycles.